The molecule has 0 aliphatic carbocycles. The SMILES string of the molecule is Cc1cc(C(=O)OCC(=O)NNC(=O)c2ccccc2Cl)c(C)n1C(C)C. The highest BCUT2D eigenvalue weighted by atomic mass is 35.5. The number of ether oxygens (including phenoxy) is 1. The van der Waals surface area contributed by atoms with Crippen molar-refractivity contribution in [1.82, 2.24) is 15.4 Å². The number of esters is 1. The lowest BCUT2D eigenvalue weighted by Gasteiger charge is -2.13. The minimum absolute atomic E-state index is 0.204. The zero-order valence-electron chi connectivity index (χ0n) is 15.6. The third kappa shape index (κ3) is 4.89. The third-order valence-electron chi connectivity index (χ3n) is 3.99. The molecule has 0 saturated carbocycles. The number of hydrogen-bond acceptors (Lipinski definition) is 4. The Kier molecular flexibility index (Phi) is 6.63. The molecular weight excluding hydrogens is 370 g/mol. The van der Waals surface area contributed by atoms with Crippen molar-refractivity contribution in [3.8, 4) is 0 Å². The Morgan fingerprint density at radius 3 is 2.37 bits per heavy atom. The van der Waals surface area contributed by atoms with E-state index in [1.54, 1.807) is 24.3 Å². The molecule has 0 unspecified atom stereocenters. The number of nitrogens with one attached hydrogen (secondary N) is 2. The van der Waals surface area contributed by atoms with Gasteiger partial charge in [-0.25, -0.2) is 4.79 Å². The highest BCUT2D eigenvalue weighted by molar-refractivity contribution is 6.33. The van der Waals surface area contributed by atoms with E-state index in [4.69, 9.17) is 16.3 Å². The molecule has 0 atom stereocenters. The van der Waals surface area contributed by atoms with Gasteiger partial charge in [-0.2, -0.15) is 0 Å². The van der Waals surface area contributed by atoms with Crippen molar-refractivity contribution in [1.29, 1.82) is 0 Å². The second-order valence-electron chi connectivity index (χ2n) is 6.31. The maximum atomic E-state index is 12.2. The first-order valence-corrected chi connectivity index (χ1v) is 8.79. The summed E-state index contributed by atoms with van der Waals surface area (Å²) in [6.07, 6.45) is 0. The maximum Gasteiger partial charge on any atom is 0.340 e. The van der Waals surface area contributed by atoms with Gasteiger partial charge in [0.25, 0.3) is 11.8 Å². The van der Waals surface area contributed by atoms with Crippen LogP contribution in [0.4, 0.5) is 0 Å². The topological polar surface area (TPSA) is 89.4 Å². The van der Waals surface area contributed by atoms with Crippen molar-refractivity contribution in [2.75, 3.05) is 6.61 Å². The van der Waals surface area contributed by atoms with Crippen molar-refractivity contribution >= 4 is 29.4 Å². The molecule has 7 nitrogen and oxygen atoms in total. The summed E-state index contributed by atoms with van der Waals surface area (Å²) in [4.78, 5) is 36.0. The average molecular weight is 392 g/mol. The minimum atomic E-state index is -0.665. The van der Waals surface area contributed by atoms with Crippen molar-refractivity contribution in [3.63, 3.8) is 0 Å². The monoisotopic (exact) mass is 391 g/mol. The van der Waals surface area contributed by atoms with Gasteiger partial charge in [0, 0.05) is 17.4 Å². The molecule has 144 valence electrons. The second kappa shape index (κ2) is 8.73. The van der Waals surface area contributed by atoms with Gasteiger partial charge in [-0.05, 0) is 45.9 Å². The smallest absolute Gasteiger partial charge is 0.340 e. The number of aromatic nitrogens is 1. The van der Waals surface area contributed by atoms with Crippen LogP contribution in [-0.2, 0) is 9.53 Å². The number of aryl methyl sites for hydroxylation is 1. The zero-order chi connectivity index (χ0) is 20.1. The molecular formula is C19H22ClN3O4. The largest absolute Gasteiger partial charge is 0.452 e. The van der Waals surface area contributed by atoms with Crippen LogP contribution in [0.15, 0.2) is 30.3 Å². The molecule has 2 rings (SSSR count). The fourth-order valence-electron chi connectivity index (χ4n) is 2.86. The second-order valence-corrected chi connectivity index (χ2v) is 6.71. The Morgan fingerprint density at radius 2 is 1.78 bits per heavy atom. The average Bonchev–Trinajstić information content (AvgIpc) is 2.92. The fraction of sp³-hybridized carbons (Fsp3) is 0.316. The van der Waals surface area contributed by atoms with Crippen LogP contribution in [0, 0.1) is 13.8 Å². The van der Waals surface area contributed by atoms with Gasteiger partial charge < -0.3 is 9.30 Å². The third-order valence-corrected chi connectivity index (χ3v) is 4.32. The molecule has 2 aromatic rings. The normalized spacial score (nSPS) is 10.6. The van der Waals surface area contributed by atoms with E-state index < -0.39 is 24.4 Å². The van der Waals surface area contributed by atoms with Crippen LogP contribution in [-0.4, -0.2) is 29.0 Å². The molecule has 0 aliphatic rings. The van der Waals surface area contributed by atoms with Crippen molar-refractivity contribution in [2.24, 2.45) is 0 Å². The molecule has 0 bridgehead atoms. The lowest BCUT2D eigenvalue weighted by Crippen LogP contribution is -2.43. The van der Waals surface area contributed by atoms with Crippen LogP contribution in [0.1, 0.15) is 52.0 Å². The number of carbonyl (C=O) groups is 3. The van der Waals surface area contributed by atoms with E-state index in [1.165, 1.54) is 6.07 Å². The summed E-state index contributed by atoms with van der Waals surface area (Å²) in [6, 6.07) is 8.36. The van der Waals surface area contributed by atoms with Crippen LogP contribution >= 0.6 is 11.6 Å². The van der Waals surface area contributed by atoms with Gasteiger partial charge in [-0.15, -0.1) is 0 Å². The van der Waals surface area contributed by atoms with E-state index >= 15 is 0 Å². The van der Waals surface area contributed by atoms with Crippen LogP contribution in [0.5, 0.6) is 0 Å². The van der Waals surface area contributed by atoms with E-state index in [-0.39, 0.29) is 16.6 Å². The highest BCUT2D eigenvalue weighted by Gasteiger charge is 2.19. The Hall–Kier alpha value is -2.80. The van der Waals surface area contributed by atoms with E-state index in [2.05, 4.69) is 10.9 Å². The van der Waals surface area contributed by atoms with Gasteiger partial charge in [-0.3, -0.25) is 20.4 Å². The summed E-state index contributed by atoms with van der Waals surface area (Å²) in [5.41, 5.74) is 6.75. The van der Waals surface area contributed by atoms with Gasteiger partial charge in [-0.1, -0.05) is 23.7 Å². The molecule has 0 saturated heterocycles. The molecule has 0 radical (unpaired) electrons. The molecule has 0 aliphatic heterocycles. The number of halogens is 1. The van der Waals surface area contributed by atoms with Gasteiger partial charge in [0.05, 0.1) is 16.1 Å². The Balaban J connectivity index is 1.89. The number of amides is 2. The van der Waals surface area contributed by atoms with E-state index in [0.717, 1.165) is 11.4 Å². The predicted molar refractivity (Wildman–Crippen MR) is 102 cm³/mol. The number of hydrogen-bond donors (Lipinski definition) is 2. The van der Waals surface area contributed by atoms with Crippen LogP contribution in [0.3, 0.4) is 0 Å². The number of nitrogens with zero attached hydrogens (tertiary/aromatic N) is 1. The summed E-state index contributed by atoms with van der Waals surface area (Å²) >= 11 is 5.91. The molecule has 1 heterocycles. The standard InChI is InChI=1S/C19H22ClN3O4/c1-11(2)23-12(3)9-15(13(23)4)19(26)27-10-17(24)21-22-18(25)14-7-5-6-8-16(14)20/h5-9,11H,10H2,1-4H3,(H,21,24)(H,22,25). The zero-order valence-corrected chi connectivity index (χ0v) is 16.4. The maximum absolute atomic E-state index is 12.2. The molecule has 2 N–H and O–H groups in total. The van der Waals surface area contributed by atoms with Crippen molar-refractivity contribution < 1.29 is 19.1 Å². The van der Waals surface area contributed by atoms with Crippen LogP contribution < -0.4 is 10.9 Å². The quantitative estimate of drug-likeness (QED) is 0.605. The molecule has 1 aromatic carbocycles. The lowest BCUT2D eigenvalue weighted by molar-refractivity contribution is -0.125. The van der Waals surface area contributed by atoms with Crippen molar-refractivity contribution in [3.05, 3.63) is 57.9 Å². The van der Waals surface area contributed by atoms with E-state index in [0.29, 0.717) is 5.56 Å². The first-order valence-electron chi connectivity index (χ1n) is 8.41. The van der Waals surface area contributed by atoms with Crippen LogP contribution in [0.2, 0.25) is 5.02 Å². The first-order chi connectivity index (χ1) is 12.7. The van der Waals surface area contributed by atoms with E-state index in [9.17, 15) is 14.4 Å². The van der Waals surface area contributed by atoms with Gasteiger partial charge in [0.15, 0.2) is 6.61 Å². The number of hydrazine groups is 1. The number of carbonyl (C=O) groups excluding carboxylic acids is 3. The number of benzene rings is 1. The van der Waals surface area contributed by atoms with Gasteiger partial charge >= 0.3 is 5.97 Å². The van der Waals surface area contributed by atoms with Crippen molar-refractivity contribution in [2.45, 2.75) is 33.7 Å². The predicted octanol–water partition coefficient (Wildman–Crippen LogP) is 2.96. The molecule has 1 aromatic heterocycles. The summed E-state index contributed by atoms with van der Waals surface area (Å²) in [5.74, 6) is -1.83. The molecule has 0 spiro atoms. The minimum Gasteiger partial charge on any atom is -0.452 e. The highest BCUT2D eigenvalue weighted by Crippen LogP contribution is 2.20. The summed E-state index contributed by atoms with van der Waals surface area (Å²) in [5, 5.41) is 0.260. The Bertz CT molecular complexity index is 874. The molecule has 8 heteroatoms. The Morgan fingerprint density at radius 1 is 1.11 bits per heavy atom. The first kappa shape index (κ1) is 20.5. The summed E-state index contributed by atoms with van der Waals surface area (Å²) in [6.45, 7) is 7.25. The Labute approximate surface area is 162 Å². The van der Waals surface area contributed by atoms with Gasteiger partial charge in [0.1, 0.15) is 0 Å². The lowest BCUT2D eigenvalue weighted by atomic mass is 10.2. The molecule has 0 fully saturated rings. The van der Waals surface area contributed by atoms with E-state index in [1.807, 2.05) is 32.3 Å². The number of rotatable bonds is 5. The van der Waals surface area contributed by atoms with Crippen LogP contribution in [0.25, 0.3) is 0 Å². The molecule has 27 heavy (non-hydrogen) atoms. The van der Waals surface area contributed by atoms with Gasteiger partial charge in [0.2, 0.25) is 0 Å². The summed E-state index contributed by atoms with van der Waals surface area (Å²) in [7, 11) is 0. The fourth-order valence-corrected chi connectivity index (χ4v) is 3.08. The summed E-state index contributed by atoms with van der Waals surface area (Å²) < 4.78 is 7.05. The molecule has 2 amide bonds.